The van der Waals surface area contributed by atoms with Gasteiger partial charge in [0, 0.05) is 32.6 Å². The number of nitrogens with one attached hydrogen (secondary N) is 2. The predicted octanol–water partition coefficient (Wildman–Crippen LogP) is 3.42. The third kappa shape index (κ3) is 5.67. The Bertz CT molecular complexity index is 904. The molecule has 162 valence electrons. The maximum Gasteiger partial charge on any atom is 0.278 e. The standard InChI is InChI=1S/C19H22ClF2N5O3/c1-19(21,22)11-30-15-9-12(17(28)27-5-7-29-8-6-27)3-4-14(15)25-18-24-10-13(20)16(23-2)26-18/h3-4,9-10H,5-8,11H2,1-2H3,(H2,23,24,25,26). The fraction of sp³-hybridized carbons (Fsp3) is 0.421. The molecule has 1 amide bonds. The van der Waals surface area contributed by atoms with E-state index in [1.807, 2.05) is 0 Å². The quantitative estimate of drug-likeness (QED) is 0.680. The molecule has 1 saturated heterocycles. The lowest BCUT2D eigenvalue weighted by Crippen LogP contribution is -2.40. The predicted molar refractivity (Wildman–Crippen MR) is 109 cm³/mol. The molecule has 1 aromatic carbocycles. The van der Waals surface area contributed by atoms with Crippen molar-refractivity contribution >= 4 is 35.0 Å². The molecule has 0 atom stereocenters. The molecule has 0 aliphatic carbocycles. The molecule has 2 aromatic rings. The Balaban J connectivity index is 1.88. The summed E-state index contributed by atoms with van der Waals surface area (Å²) in [6, 6.07) is 4.58. The highest BCUT2D eigenvalue weighted by Gasteiger charge is 2.24. The number of hydrogen-bond acceptors (Lipinski definition) is 7. The van der Waals surface area contributed by atoms with E-state index < -0.39 is 12.5 Å². The van der Waals surface area contributed by atoms with Crippen molar-refractivity contribution in [2.24, 2.45) is 0 Å². The molecular weight excluding hydrogens is 420 g/mol. The van der Waals surface area contributed by atoms with Gasteiger partial charge in [-0.15, -0.1) is 0 Å². The van der Waals surface area contributed by atoms with Gasteiger partial charge in [0.25, 0.3) is 11.8 Å². The van der Waals surface area contributed by atoms with Gasteiger partial charge in [0.2, 0.25) is 5.95 Å². The number of halogens is 3. The summed E-state index contributed by atoms with van der Waals surface area (Å²) in [5.74, 6) is -2.60. The molecule has 2 N–H and O–H groups in total. The number of anilines is 3. The van der Waals surface area contributed by atoms with E-state index in [9.17, 15) is 13.6 Å². The van der Waals surface area contributed by atoms with Gasteiger partial charge in [0.1, 0.15) is 16.6 Å². The average Bonchev–Trinajstić information content (AvgIpc) is 2.73. The minimum absolute atomic E-state index is 0.0835. The molecule has 8 nitrogen and oxygen atoms in total. The highest BCUT2D eigenvalue weighted by atomic mass is 35.5. The Kier molecular flexibility index (Phi) is 6.88. The minimum Gasteiger partial charge on any atom is -0.485 e. The van der Waals surface area contributed by atoms with Crippen molar-refractivity contribution in [3.8, 4) is 5.75 Å². The van der Waals surface area contributed by atoms with Crippen molar-refractivity contribution in [2.75, 3.05) is 50.6 Å². The summed E-state index contributed by atoms with van der Waals surface area (Å²) < 4.78 is 37.3. The van der Waals surface area contributed by atoms with Gasteiger partial charge in [-0.25, -0.2) is 13.8 Å². The summed E-state index contributed by atoms with van der Waals surface area (Å²) >= 11 is 5.99. The monoisotopic (exact) mass is 441 g/mol. The number of alkyl halides is 2. The van der Waals surface area contributed by atoms with Gasteiger partial charge in [-0.05, 0) is 18.2 Å². The summed E-state index contributed by atoms with van der Waals surface area (Å²) in [4.78, 5) is 22.7. The largest absolute Gasteiger partial charge is 0.485 e. The molecule has 3 rings (SSSR count). The fourth-order valence-electron chi connectivity index (χ4n) is 2.75. The number of morpholine rings is 1. The van der Waals surface area contributed by atoms with Crippen LogP contribution in [0.5, 0.6) is 5.75 Å². The first-order valence-corrected chi connectivity index (χ1v) is 9.63. The zero-order chi connectivity index (χ0) is 21.7. The Morgan fingerprint density at radius 2 is 2.10 bits per heavy atom. The van der Waals surface area contributed by atoms with Crippen molar-refractivity contribution < 1.29 is 23.0 Å². The van der Waals surface area contributed by atoms with Gasteiger partial charge >= 0.3 is 0 Å². The summed E-state index contributed by atoms with van der Waals surface area (Å²) in [5.41, 5.74) is 0.659. The van der Waals surface area contributed by atoms with E-state index in [4.69, 9.17) is 21.1 Å². The fourth-order valence-corrected chi connectivity index (χ4v) is 2.94. The van der Waals surface area contributed by atoms with Gasteiger partial charge < -0.3 is 25.0 Å². The van der Waals surface area contributed by atoms with E-state index in [0.717, 1.165) is 6.92 Å². The van der Waals surface area contributed by atoms with Gasteiger partial charge in [-0.2, -0.15) is 4.98 Å². The van der Waals surface area contributed by atoms with Crippen molar-refractivity contribution in [1.82, 2.24) is 14.9 Å². The second-order valence-corrected chi connectivity index (χ2v) is 7.15. The lowest BCUT2D eigenvalue weighted by Gasteiger charge is -2.27. The number of carbonyl (C=O) groups is 1. The summed E-state index contributed by atoms with van der Waals surface area (Å²) in [5, 5.41) is 6.08. The minimum atomic E-state index is -3.04. The smallest absolute Gasteiger partial charge is 0.278 e. The van der Waals surface area contributed by atoms with E-state index in [-0.39, 0.29) is 17.6 Å². The molecule has 11 heteroatoms. The molecule has 0 spiro atoms. The average molecular weight is 442 g/mol. The van der Waals surface area contributed by atoms with Crippen LogP contribution in [0.3, 0.4) is 0 Å². The summed E-state index contributed by atoms with van der Waals surface area (Å²) in [6.07, 6.45) is 1.40. The maximum atomic E-state index is 13.4. The van der Waals surface area contributed by atoms with E-state index in [0.29, 0.717) is 48.4 Å². The van der Waals surface area contributed by atoms with Crippen molar-refractivity contribution in [3.63, 3.8) is 0 Å². The lowest BCUT2D eigenvalue weighted by molar-refractivity contribution is -0.0227. The van der Waals surface area contributed by atoms with Crippen LogP contribution in [0.25, 0.3) is 0 Å². The molecule has 2 heterocycles. The highest BCUT2D eigenvalue weighted by Crippen LogP contribution is 2.31. The molecule has 0 saturated carbocycles. The Labute approximate surface area is 177 Å². The topological polar surface area (TPSA) is 88.6 Å². The Hall–Kier alpha value is -2.72. The Morgan fingerprint density at radius 3 is 2.77 bits per heavy atom. The van der Waals surface area contributed by atoms with Crippen LogP contribution in [0.4, 0.5) is 26.2 Å². The summed E-state index contributed by atoms with van der Waals surface area (Å²) in [6.45, 7) is 1.75. The Morgan fingerprint density at radius 1 is 1.37 bits per heavy atom. The molecule has 1 aliphatic rings. The number of benzene rings is 1. The number of aromatic nitrogens is 2. The first-order chi connectivity index (χ1) is 14.3. The first-order valence-electron chi connectivity index (χ1n) is 9.26. The van der Waals surface area contributed by atoms with Crippen LogP contribution >= 0.6 is 11.6 Å². The SMILES string of the molecule is CNc1nc(Nc2ccc(C(=O)N3CCOCC3)cc2OCC(C)(F)F)ncc1Cl. The molecule has 30 heavy (non-hydrogen) atoms. The zero-order valence-corrected chi connectivity index (χ0v) is 17.3. The molecule has 1 fully saturated rings. The van der Waals surface area contributed by atoms with Crippen LogP contribution in [0.2, 0.25) is 5.02 Å². The van der Waals surface area contributed by atoms with E-state index >= 15 is 0 Å². The van der Waals surface area contributed by atoms with Crippen LogP contribution in [0, 0.1) is 0 Å². The lowest BCUT2D eigenvalue weighted by atomic mass is 10.1. The van der Waals surface area contributed by atoms with Crippen molar-refractivity contribution in [2.45, 2.75) is 12.8 Å². The van der Waals surface area contributed by atoms with Crippen LogP contribution in [-0.4, -0.2) is 66.7 Å². The van der Waals surface area contributed by atoms with Gasteiger partial charge in [-0.1, -0.05) is 11.6 Å². The van der Waals surface area contributed by atoms with Crippen LogP contribution in [0.15, 0.2) is 24.4 Å². The van der Waals surface area contributed by atoms with Gasteiger partial charge in [0.05, 0.1) is 25.1 Å². The second-order valence-electron chi connectivity index (χ2n) is 6.74. The molecule has 1 aromatic heterocycles. The zero-order valence-electron chi connectivity index (χ0n) is 16.5. The van der Waals surface area contributed by atoms with Crippen molar-refractivity contribution in [3.05, 3.63) is 35.0 Å². The number of nitrogens with zero attached hydrogens (tertiary/aromatic N) is 3. The summed E-state index contributed by atoms with van der Waals surface area (Å²) in [7, 11) is 1.65. The molecule has 0 unspecified atom stereocenters. The number of carbonyl (C=O) groups excluding carboxylic acids is 1. The normalized spacial score (nSPS) is 14.4. The molecule has 0 radical (unpaired) electrons. The van der Waals surface area contributed by atoms with Crippen LogP contribution in [0.1, 0.15) is 17.3 Å². The number of rotatable bonds is 7. The molecular formula is C19H22ClF2N5O3. The van der Waals surface area contributed by atoms with Crippen molar-refractivity contribution in [1.29, 1.82) is 0 Å². The number of hydrogen-bond donors (Lipinski definition) is 2. The second kappa shape index (κ2) is 9.40. The molecule has 1 aliphatic heterocycles. The van der Waals surface area contributed by atoms with E-state index in [1.165, 1.54) is 12.3 Å². The molecule has 0 bridgehead atoms. The maximum absolute atomic E-state index is 13.4. The number of ether oxygens (including phenoxy) is 2. The van der Waals surface area contributed by atoms with Crippen LogP contribution < -0.4 is 15.4 Å². The van der Waals surface area contributed by atoms with E-state index in [1.54, 1.807) is 24.1 Å². The van der Waals surface area contributed by atoms with Gasteiger partial charge in [-0.3, -0.25) is 4.79 Å². The highest BCUT2D eigenvalue weighted by molar-refractivity contribution is 6.32. The third-order valence-electron chi connectivity index (χ3n) is 4.24. The van der Waals surface area contributed by atoms with Gasteiger partial charge in [0.15, 0.2) is 6.61 Å². The third-order valence-corrected chi connectivity index (χ3v) is 4.51. The first kappa shape index (κ1) is 22.0. The number of amides is 1. The van der Waals surface area contributed by atoms with E-state index in [2.05, 4.69) is 20.6 Å². The van der Waals surface area contributed by atoms with Crippen LogP contribution in [-0.2, 0) is 4.74 Å².